The molecule has 3 aromatic rings. The van der Waals surface area contributed by atoms with E-state index in [2.05, 4.69) is 45.3 Å². The quantitative estimate of drug-likeness (QED) is 0.674. The van der Waals surface area contributed by atoms with Crippen molar-refractivity contribution < 1.29 is 0 Å². The number of fused-ring (bicyclic) bond motifs is 1. The highest BCUT2D eigenvalue weighted by Crippen LogP contribution is 2.31. The first-order valence-corrected chi connectivity index (χ1v) is 7.11. The summed E-state index contributed by atoms with van der Waals surface area (Å²) in [5, 5.41) is 4.48. The average Bonchev–Trinajstić information content (AvgIpc) is 2.46. The lowest BCUT2D eigenvalue weighted by Gasteiger charge is -2.13. The Morgan fingerprint density at radius 1 is 1.10 bits per heavy atom. The number of hydrogen-bond donors (Lipinski definition) is 2. The first-order valence-electron chi connectivity index (χ1n) is 6.31. The van der Waals surface area contributed by atoms with Crippen molar-refractivity contribution in [3.8, 4) is 0 Å². The predicted octanol–water partition coefficient (Wildman–Crippen LogP) is 4.63. The lowest BCUT2D eigenvalue weighted by atomic mass is 10.1. The van der Waals surface area contributed by atoms with Gasteiger partial charge in [-0.05, 0) is 48.9 Å². The molecule has 1 aromatic heterocycles. The van der Waals surface area contributed by atoms with Gasteiger partial charge in [-0.2, -0.15) is 0 Å². The van der Waals surface area contributed by atoms with Crippen LogP contribution in [-0.4, -0.2) is 4.98 Å². The van der Waals surface area contributed by atoms with Crippen LogP contribution in [0.4, 0.5) is 17.1 Å². The number of pyridine rings is 1. The fourth-order valence-corrected chi connectivity index (χ4v) is 2.54. The van der Waals surface area contributed by atoms with Crippen LogP contribution in [0.15, 0.2) is 53.1 Å². The number of aromatic nitrogens is 1. The minimum Gasteiger partial charge on any atom is -0.397 e. The van der Waals surface area contributed by atoms with Crippen molar-refractivity contribution in [2.24, 2.45) is 0 Å². The van der Waals surface area contributed by atoms with Crippen LogP contribution < -0.4 is 11.1 Å². The Labute approximate surface area is 126 Å². The number of nitrogens with one attached hydrogen (secondary N) is 1. The van der Waals surface area contributed by atoms with Gasteiger partial charge in [0.25, 0.3) is 0 Å². The lowest BCUT2D eigenvalue weighted by molar-refractivity contribution is 1.40. The maximum atomic E-state index is 5.97. The molecule has 0 saturated carbocycles. The second-order valence-corrected chi connectivity index (χ2v) is 5.60. The molecule has 4 heteroatoms. The number of nitrogens with zero attached hydrogens (tertiary/aromatic N) is 1. The molecular formula is C16H14BrN3. The maximum Gasteiger partial charge on any atom is 0.0951 e. The number of benzene rings is 2. The Balaban J connectivity index is 2.11. The number of halogens is 1. The molecule has 0 amide bonds. The van der Waals surface area contributed by atoms with E-state index in [0.29, 0.717) is 5.69 Å². The number of rotatable bonds is 2. The van der Waals surface area contributed by atoms with Gasteiger partial charge >= 0.3 is 0 Å². The summed E-state index contributed by atoms with van der Waals surface area (Å²) in [5.74, 6) is 0. The molecule has 0 bridgehead atoms. The van der Waals surface area contributed by atoms with Crippen LogP contribution in [0.3, 0.4) is 0 Å². The number of nitrogens with two attached hydrogens (primary N) is 1. The molecule has 100 valence electrons. The second kappa shape index (κ2) is 5.13. The molecule has 0 fully saturated rings. The predicted molar refractivity (Wildman–Crippen MR) is 88.3 cm³/mol. The summed E-state index contributed by atoms with van der Waals surface area (Å²) in [6.45, 7) is 2.08. The number of nitrogen functional groups attached to an aromatic ring is 1. The van der Waals surface area contributed by atoms with Gasteiger partial charge in [-0.15, -0.1) is 0 Å². The van der Waals surface area contributed by atoms with Crippen molar-refractivity contribution in [2.75, 3.05) is 11.1 Å². The molecule has 1 heterocycles. The number of hydrogen-bond acceptors (Lipinski definition) is 3. The Bertz CT molecular complexity index is 784. The van der Waals surface area contributed by atoms with E-state index in [-0.39, 0.29) is 0 Å². The molecule has 3 nitrogen and oxygen atoms in total. The zero-order valence-electron chi connectivity index (χ0n) is 11.0. The molecule has 0 aliphatic rings. The van der Waals surface area contributed by atoms with Gasteiger partial charge in [-0.1, -0.05) is 22.0 Å². The second-order valence-electron chi connectivity index (χ2n) is 4.69. The molecule has 3 N–H and O–H groups in total. The van der Waals surface area contributed by atoms with E-state index in [1.807, 2.05) is 30.3 Å². The highest BCUT2D eigenvalue weighted by Gasteiger charge is 2.06. The van der Waals surface area contributed by atoms with Gasteiger partial charge in [0.1, 0.15) is 0 Å². The van der Waals surface area contributed by atoms with E-state index in [9.17, 15) is 0 Å². The lowest BCUT2D eigenvalue weighted by Crippen LogP contribution is -1.97. The summed E-state index contributed by atoms with van der Waals surface area (Å²) >= 11 is 3.50. The smallest absolute Gasteiger partial charge is 0.0951 e. The van der Waals surface area contributed by atoms with Gasteiger partial charge in [0, 0.05) is 27.4 Å². The molecule has 20 heavy (non-hydrogen) atoms. The van der Waals surface area contributed by atoms with Gasteiger partial charge in [0.15, 0.2) is 0 Å². The zero-order valence-corrected chi connectivity index (χ0v) is 12.6. The molecule has 0 saturated heterocycles. The van der Waals surface area contributed by atoms with Gasteiger partial charge in [0.2, 0.25) is 0 Å². The molecule has 0 aliphatic heterocycles. The molecule has 2 aromatic carbocycles. The van der Waals surface area contributed by atoms with Gasteiger partial charge in [-0.3, -0.25) is 4.98 Å². The van der Waals surface area contributed by atoms with E-state index in [1.54, 1.807) is 6.20 Å². The summed E-state index contributed by atoms with van der Waals surface area (Å²) in [4.78, 5) is 4.35. The largest absolute Gasteiger partial charge is 0.397 e. The molecule has 0 radical (unpaired) electrons. The molecule has 3 rings (SSSR count). The Morgan fingerprint density at radius 3 is 2.80 bits per heavy atom. The third kappa shape index (κ3) is 2.34. The normalized spacial score (nSPS) is 10.7. The Morgan fingerprint density at radius 2 is 1.95 bits per heavy atom. The summed E-state index contributed by atoms with van der Waals surface area (Å²) in [6.07, 6.45) is 1.76. The zero-order chi connectivity index (χ0) is 14.1. The third-order valence-corrected chi connectivity index (χ3v) is 3.76. The Hall–Kier alpha value is -2.07. The maximum absolute atomic E-state index is 5.97. The van der Waals surface area contributed by atoms with Crippen molar-refractivity contribution in [2.45, 2.75) is 6.92 Å². The summed E-state index contributed by atoms with van der Waals surface area (Å²) in [6, 6.07) is 14.0. The van der Waals surface area contributed by atoms with Crippen molar-refractivity contribution in [1.29, 1.82) is 0 Å². The monoisotopic (exact) mass is 327 g/mol. The highest BCUT2D eigenvalue weighted by molar-refractivity contribution is 9.10. The Kier molecular flexibility index (Phi) is 3.32. The average molecular weight is 328 g/mol. The number of aryl methyl sites for hydroxylation is 1. The minimum absolute atomic E-state index is 0.692. The summed E-state index contributed by atoms with van der Waals surface area (Å²) in [7, 11) is 0. The minimum atomic E-state index is 0.692. The van der Waals surface area contributed by atoms with E-state index in [0.717, 1.165) is 26.8 Å². The van der Waals surface area contributed by atoms with Crippen LogP contribution >= 0.6 is 15.9 Å². The van der Waals surface area contributed by atoms with Gasteiger partial charge < -0.3 is 11.1 Å². The number of anilines is 3. The molecule has 0 aliphatic carbocycles. The van der Waals surface area contributed by atoms with E-state index < -0.39 is 0 Å². The SMILES string of the molecule is Cc1ccc(Br)cc1Nc1ccc(N)c2ncccc12. The molecule has 0 unspecified atom stereocenters. The van der Waals surface area contributed by atoms with E-state index >= 15 is 0 Å². The first-order chi connectivity index (χ1) is 9.65. The molecule has 0 spiro atoms. The summed E-state index contributed by atoms with van der Waals surface area (Å²) in [5.41, 5.74) is 10.7. The van der Waals surface area contributed by atoms with Crippen molar-refractivity contribution in [3.05, 3.63) is 58.7 Å². The molecule has 0 atom stereocenters. The molecular weight excluding hydrogens is 314 g/mol. The van der Waals surface area contributed by atoms with Gasteiger partial charge in [0.05, 0.1) is 11.2 Å². The topological polar surface area (TPSA) is 50.9 Å². The standard InChI is InChI=1S/C16H14BrN3/c1-10-4-5-11(17)9-15(10)20-14-7-6-13(18)16-12(14)3-2-8-19-16/h2-9,20H,18H2,1H3. The van der Waals surface area contributed by atoms with Crippen molar-refractivity contribution >= 4 is 43.9 Å². The van der Waals surface area contributed by atoms with Crippen LogP contribution in [-0.2, 0) is 0 Å². The summed E-state index contributed by atoms with van der Waals surface area (Å²) < 4.78 is 1.04. The fourth-order valence-electron chi connectivity index (χ4n) is 2.18. The van der Waals surface area contributed by atoms with E-state index in [4.69, 9.17) is 5.73 Å². The highest BCUT2D eigenvalue weighted by atomic mass is 79.9. The first kappa shape index (κ1) is 12.9. The third-order valence-electron chi connectivity index (χ3n) is 3.27. The van der Waals surface area contributed by atoms with E-state index in [1.165, 1.54) is 5.56 Å². The van der Waals surface area contributed by atoms with Crippen molar-refractivity contribution in [1.82, 2.24) is 4.98 Å². The fraction of sp³-hybridized carbons (Fsp3) is 0.0625. The van der Waals surface area contributed by atoms with Crippen molar-refractivity contribution in [3.63, 3.8) is 0 Å². The van der Waals surface area contributed by atoms with Crippen LogP contribution in [0.5, 0.6) is 0 Å². The van der Waals surface area contributed by atoms with Crippen LogP contribution in [0.25, 0.3) is 10.9 Å². The van der Waals surface area contributed by atoms with Crippen LogP contribution in [0.2, 0.25) is 0 Å². The van der Waals surface area contributed by atoms with Gasteiger partial charge in [-0.25, -0.2) is 0 Å². The van der Waals surface area contributed by atoms with Crippen LogP contribution in [0.1, 0.15) is 5.56 Å². The van der Waals surface area contributed by atoms with Crippen LogP contribution in [0, 0.1) is 6.92 Å².